The van der Waals surface area contributed by atoms with Gasteiger partial charge in [-0.3, -0.25) is 0 Å². The Morgan fingerprint density at radius 1 is 1.38 bits per heavy atom. The first-order valence-corrected chi connectivity index (χ1v) is 4.14. The van der Waals surface area contributed by atoms with E-state index in [1.54, 1.807) is 6.07 Å². The molecule has 0 saturated carbocycles. The van der Waals surface area contributed by atoms with Crippen molar-refractivity contribution < 1.29 is 18.7 Å². The maximum Gasteiger partial charge on any atom is 0.335 e. The van der Waals surface area contributed by atoms with Gasteiger partial charge in [0.25, 0.3) is 0 Å². The van der Waals surface area contributed by atoms with E-state index in [1.807, 2.05) is 0 Å². The highest BCUT2D eigenvalue weighted by Gasteiger charge is 2.12. The quantitative estimate of drug-likeness (QED) is 0.737. The summed E-state index contributed by atoms with van der Waals surface area (Å²) in [5.41, 5.74) is -1.01. The fraction of sp³-hybridized carbons (Fsp3) is 0.0909. The zero-order valence-corrected chi connectivity index (χ0v) is 7.92. The molecule has 80 valence electrons. The Hall–Kier alpha value is -2.40. The number of nitriles is 1. The highest BCUT2D eigenvalue weighted by atomic mass is 19.1. The Bertz CT molecular complexity index is 512. The van der Waals surface area contributed by atoms with E-state index in [0.717, 1.165) is 0 Å². The minimum atomic E-state index is -1.42. The molecule has 0 bridgehead atoms. The van der Waals surface area contributed by atoms with Gasteiger partial charge in [-0.15, -0.1) is 0 Å². The minimum absolute atomic E-state index is 0.153. The van der Waals surface area contributed by atoms with Gasteiger partial charge in [0, 0.05) is 0 Å². The Morgan fingerprint density at radius 3 is 2.38 bits per heavy atom. The molecular formula is C11H5F2NO2. The number of hydrogen-bond donors (Lipinski definition) is 1. The molecule has 0 radical (unpaired) electrons. The minimum Gasteiger partial charge on any atom is -0.478 e. The van der Waals surface area contributed by atoms with Gasteiger partial charge < -0.3 is 5.11 Å². The summed E-state index contributed by atoms with van der Waals surface area (Å²) in [4.78, 5) is 10.5. The van der Waals surface area contributed by atoms with Crippen LogP contribution < -0.4 is 0 Å². The van der Waals surface area contributed by atoms with Crippen molar-refractivity contribution >= 4 is 5.97 Å². The zero-order valence-electron chi connectivity index (χ0n) is 7.92. The smallest absolute Gasteiger partial charge is 0.335 e. The van der Waals surface area contributed by atoms with Crippen LogP contribution in [-0.4, -0.2) is 11.1 Å². The Balaban J connectivity index is 3.20. The highest BCUT2D eigenvalue weighted by Crippen LogP contribution is 2.14. The summed E-state index contributed by atoms with van der Waals surface area (Å²) >= 11 is 0. The van der Waals surface area contributed by atoms with Crippen LogP contribution in [0.3, 0.4) is 0 Å². The summed E-state index contributed by atoms with van der Waals surface area (Å²) in [6, 6.07) is 3.06. The van der Waals surface area contributed by atoms with E-state index >= 15 is 0 Å². The van der Waals surface area contributed by atoms with E-state index in [1.165, 1.54) is 0 Å². The van der Waals surface area contributed by atoms with Crippen LogP contribution in [0.2, 0.25) is 0 Å². The lowest BCUT2D eigenvalue weighted by Crippen LogP contribution is -2.01. The van der Waals surface area contributed by atoms with Gasteiger partial charge in [-0.25, -0.2) is 13.6 Å². The molecule has 1 aromatic rings. The highest BCUT2D eigenvalue weighted by molar-refractivity contribution is 5.87. The third-order valence-electron chi connectivity index (χ3n) is 1.67. The van der Waals surface area contributed by atoms with E-state index in [-0.39, 0.29) is 6.42 Å². The third-order valence-corrected chi connectivity index (χ3v) is 1.67. The number of aromatic carboxylic acids is 1. The van der Waals surface area contributed by atoms with Crippen molar-refractivity contribution in [2.45, 2.75) is 6.42 Å². The molecule has 0 fully saturated rings. The maximum atomic E-state index is 13.2. The summed E-state index contributed by atoms with van der Waals surface area (Å²) in [5, 5.41) is 16.7. The van der Waals surface area contributed by atoms with E-state index in [0.29, 0.717) is 12.1 Å². The summed E-state index contributed by atoms with van der Waals surface area (Å²) < 4.78 is 26.4. The monoisotopic (exact) mass is 221 g/mol. The molecule has 0 amide bonds. The van der Waals surface area contributed by atoms with Gasteiger partial charge in [-0.1, -0.05) is 11.8 Å². The fourth-order valence-corrected chi connectivity index (χ4v) is 0.988. The first-order chi connectivity index (χ1) is 7.56. The van der Waals surface area contributed by atoms with Crippen molar-refractivity contribution in [2.75, 3.05) is 0 Å². The van der Waals surface area contributed by atoms with Crippen LogP contribution in [0.1, 0.15) is 22.3 Å². The van der Waals surface area contributed by atoms with E-state index in [4.69, 9.17) is 10.4 Å². The van der Waals surface area contributed by atoms with Crippen LogP contribution in [0.5, 0.6) is 0 Å². The predicted molar refractivity (Wildman–Crippen MR) is 50.4 cm³/mol. The molecular weight excluding hydrogens is 216 g/mol. The largest absolute Gasteiger partial charge is 0.478 e. The van der Waals surface area contributed by atoms with Gasteiger partial charge in [-0.05, 0) is 12.1 Å². The normalized spacial score (nSPS) is 8.81. The SMILES string of the molecule is N#CCC#Cc1c(F)cc(C(=O)O)cc1F. The second kappa shape index (κ2) is 4.90. The molecule has 5 heteroatoms. The Kier molecular flexibility index (Phi) is 3.58. The molecule has 0 heterocycles. The van der Waals surface area contributed by atoms with Crippen molar-refractivity contribution in [2.24, 2.45) is 0 Å². The van der Waals surface area contributed by atoms with Gasteiger partial charge >= 0.3 is 5.97 Å². The van der Waals surface area contributed by atoms with Crippen LogP contribution in [0.25, 0.3) is 0 Å². The van der Waals surface area contributed by atoms with Crippen LogP contribution in [0.15, 0.2) is 12.1 Å². The molecule has 0 atom stereocenters. The lowest BCUT2D eigenvalue weighted by atomic mass is 10.1. The van der Waals surface area contributed by atoms with Crippen molar-refractivity contribution in [3.63, 3.8) is 0 Å². The van der Waals surface area contributed by atoms with Crippen molar-refractivity contribution in [3.8, 4) is 17.9 Å². The predicted octanol–water partition coefficient (Wildman–Crippen LogP) is 1.93. The Morgan fingerprint density at radius 2 is 1.94 bits per heavy atom. The number of carboxylic acid groups (broad SMARTS) is 1. The molecule has 1 N–H and O–H groups in total. The molecule has 1 aromatic carbocycles. The van der Waals surface area contributed by atoms with Gasteiger partial charge in [0.1, 0.15) is 11.6 Å². The average Bonchev–Trinajstić information content (AvgIpc) is 2.21. The number of benzene rings is 1. The molecule has 16 heavy (non-hydrogen) atoms. The van der Waals surface area contributed by atoms with Crippen LogP contribution in [0, 0.1) is 34.8 Å². The molecule has 0 saturated heterocycles. The number of nitrogens with zero attached hydrogens (tertiary/aromatic N) is 1. The van der Waals surface area contributed by atoms with E-state index in [9.17, 15) is 13.6 Å². The van der Waals surface area contributed by atoms with Crippen molar-refractivity contribution in [1.82, 2.24) is 0 Å². The topological polar surface area (TPSA) is 61.1 Å². The molecule has 0 spiro atoms. The third kappa shape index (κ3) is 2.55. The van der Waals surface area contributed by atoms with Gasteiger partial charge in [0.2, 0.25) is 0 Å². The summed E-state index contributed by atoms with van der Waals surface area (Å²) in [7, 11) is 0. The van der Waals surface area contributed by atoms with Crippen LogP contribution in [0.4, 0.5) is 8.78 Å². The first-order valence-electron chi connectivity index (χ1n) is 4.14. The number of rotatable bonds is 1. The van der Waals surface area contributed by atoms with Gasteiger partial charge in [0.15, 0.2) is 0 Å². The molecule has 0 aromatic heterocycles. The van der Waals surface area contributed by atoms with Crippen molar-refractivity contribution in [1.29, 1.82) is 5.26 Å². The molecule has 0 aliphatic rings. The van der Waals surface area contributed by atoms with Crippen molar-refractivity contribution in [3.05, 3.63) is 34.9 Å². The van der Waals surface area contributed by atoms with Crippen LogP contribution >= 0.6 is 0 Å². The van der Waals surface area contributed by atoms with Gasteiger partial charge in [-0.2, -0.15) is 5.26 Å². The number of halogens is 2. The fourth-order valence-electron chi connectivity index (χ4n) is 0.988. The standard InChI is InChI=1S/C11H5F2NO2/c12-9-5-7(11(15)16)6-10(13)8(9)3-1-2-4-14/h5-6H,2H2,(H,15,16). The molecule has 0 unspecified atom stereocenters. The molecule has 1 rings (SSSR count). The Labute approximate surface area is 89.9 Å². The van der Waals surface area contributed by atoms with Gasteiger partial charge in [0.05, 0.1) is 23.6 Å². The lowest BCUT2D eigenvalue weighted by Gasteiger charge is -1.99. The first kappa shape index (κ1) is 11.7. The second-order valence-electron chi connectivity index (χ2n) is 2.76. The number of hydrogen-bond acceptors (Lipinski definition) is 2. The second-order valence-corrected chi connectivity index (χ2v) is 2.76. The summed E-state index contributed by atoms with van der Waals surface area (Å²) in [5.74, 6) is 0.848. The van der Waals surface area contributed by atoms with E-state index in [2.05, 4.69) is 11.8 Å². The maximum absolute atomic E-state index is 13.2. The number of carboxylic acids is 1. The molecule has 0 aliphatic carbocycles. The summed E-state index contributed by atoms with van der Waals surface area (Å²) in [6.07, 6.45) is -0.153. The number of carbonyl (C=O) groups is 1. The lowest BCUT2D eigenvalue weighted by molar-refractivity contribution is 0.0695. The summed E-state index contributed by atoms with van der Waals surface area (Å²) in [6.45, 7) is 0. The zero-order chi connectivity index (χ0) is 12.1. The molecule has 3 nitrogen and oxygen atoms in total. The average molecular weight is 221 g/mol. The van der Waals surface area contributed by atoms with Crippen LogP contribution in [-0.2, 0) is 0 Å². The molecule has 0 aliphatic heterocycles. The van der Waals surface area contributed by atoms with E-state index < -0.39 is 28.7 Å².